The van der Waals surface area contributed by atoms with Crippen LogP contribution >= 0.6 is 0 Å². The van der Waals surface area contributed by atoms with Gasteiger partial charge in [0, 0.05) is 38.7 Å². The van der Waals surface area contributed by atoms with Crippen LogP contribution in [0, 0.1) is 0 Å². The topological polar surface area (TPSA) is 40.6 Å². The summed E-state index contributed by atoms with van der Waals surface area (Å²) < 4.78 is 0. The number of anilines is 1. The van der Waals surface area contributed by atoms with Gasteiger partial charge in [-0.1, -0.05) is 38.0 Å². The van der Waals surface area contributed by atoms with E-state index in [4.69, 9.17) is 0 Å². The van der Waals surface area contributed by atoms with Crippen molar-refractivity contribution < 1.29 is 9.59 Å². The van der Waals surface area contributed by atoms with Crippen molar-refractivity contribution in [3.63, 3.8) is 0 Å². The van der Waals surface area contributed by atoms with Crippen LogP contribution < -0.4 is 4.90 Å². The van der Waals surface area contributed by atoms with Crippen molar-refractivity contribution in [3.8, 4) is 0 Å². The highest BCUT2D eigenvalue weighted by atomic mass is 16.2. The number of rotatable bonds is 1. The van der Waals surface area contributed by atoms with Crippen LogP contribution in [0.4, 0.5) is 5.69 Å². The third-order valence-electron chi connectivity index (χ3n) is 4.24. The summed E-state index contributed by atoms with van der Waals surface area (Å²) in [4.78, 5) is 28.0. The Morgan fingerprint density at radius 2 is 1.73 bits per heavy atom. The van der Waals surface area contributed by atoms with Crippen LogP contribution in [0.15, 0.2) is 24.3 Å². The van der Waals surface area contributed by atoms with Gasteiger partial charge in [0.15, 0.2) is 0 Å². The average Bonchev–Trinajstić information content (AvgIpc) is 2.56. The number of carbonyl (C=O) groups excluding carboxylic acids is 2. The maximum absolute atomic E-state index is 12.2. The van der Waals surface area contributed by atoms with Crippen molar-refractivity contribution in [2.45, 2.75) is 52.5 Å². The van der Waals surface area contributed by atoms with Gasteiger partial charge < -0.3 is 9.80 Å². The van der Waals surface area contributed by atoms with Crippen molar-refractivity contribution in [1.29, 1.82) is 0 Å². The summed E-state index contributed by atoms with van der Waals surface area (Å²) in [5, 5.41) is 0. The predicted molar refractivity (Wildman–Crippen MR) is 88.6 cm³/mol. The van der Waals surface area contributed by atoms with E-state index in [0.717, 1.165) is 50.0 Å². The molecule has 1 aliphatic heterocycles. The molecule has 0 saturated heterocycles. The van der Waals surface area contributed by atoms with E-state index in [-0.39, 0.29) is 11.8 Å². The lowest BCUT2D eigenvalue weighted by atomic mass is 10.1. The number of benzene rings is 1. The van der Waals surface area contributed by atoms with Gasteiger partial charge in [0.1, 0.15) is 0 Å². The van der Waals surface area contributed by atoms with E-state index < -0.39 is 0 Å². The van der Waals surface area contributed by atoms with Gasteiger partial charge in [0.25, 0.3) is 0 Å². The summed E-state index contributed by atoms with van der Waals surface area (Å²) in [7, 11) is 0. The molecule has 1 aromatic carbocycles. The number of hydrogen-bond acceptors (Lipinski definition) is 2. The first-order chi connectivity index (χ1) is 10.6. The van der Waals surface area contributed by atoms with Gasteiger partial charge in [0.2, 0.25) is 11.8 Å². The lowest BCUT2D eigenvalue weighted by molar-refractivity contribution is -0.131. The Morgan fingerprint density at radius 3 is 2.41 bits per heavy atom. The standard InChI is InChI=1S/C18H26N2O2/c1-3-18(22)19-12-8-4-5-9-13-20(15(2)21)17-11-7-6-10-16(17)14-19/h6-7,10-11H,3-5,8-9,12-14H2,1-2H3. The molecular formula is C18H26N2O2. The molecule has 0 saturated carbocycles. The molecule has 4 nitrogen and oxygen atoms in total. The smallest absolute Gasteiger partial charge is 0.223 e. The van der Waals surface area contributed by atoms with Crippen LogP contribution in [0.1, 0.15) is 51.5 Å². The molecule has 0 spiro atoms. The highest BCUT2D eigenvalue weighted by molar-refractivity contribution is 5.92. The van der Waals surface area contributed by atoms with E-state index in [1.54, 1.807) is 6.92 Å². The van der Waals surface area contributed by atoms with Gasteiger partial charge >= 0.3 is 0 Å². The fourth-order valence-corrected chi connectivity index (χ4v) is 3.00. The lowest BCUT2D eigenvalue weighted by Gasteiger charge is -2.27. The first-order valence-electron chi connectivity index (χ1n) is 8.27. The van der Waals surface area contributed by atoms with Crippen molar-refractivity contribution in [2.75, 3.05) is 18.0 Å². The van der Waals surface area contributed by atoms with Crippen LogP contribution in [0.2, 0.25) is 0 Å². The summed E-state index contributed by atoms with van der Waals surface area (Å²) in [6.45, 7) is 5.67. The Kier molecular flexibility index (Phi) is 5.99. The molecule has 2 rings (SSSR count). The molecule has 22 heavy (non-hydrogen) atoms. The molecule has 1 heterocycles. The van der Waals surface area contributed by atoms with E-state index in [9.17, 15) is 9.59 Å². The van der Waals surface area contributed by atoms with E-state index in [1.165, 1.54) is 0 Å². The second kappa shape index (κ2) is 7.97. The third kappa shape index (κ3) is 4.09. The Morgan fingerprint density at radius 1 is 1.05 bits per heavy atom. The van der Waals surface area contributed by atoms with Crippen LogP contribution in [0.3, 0.4) is 0 Å². The van der Waals surface area contributed by atoms with Gasteiger partial charge in [-0.25, -0.2) is 0 Å². The van der Waals surface area contributed by atoms with Crippen molar-refractivity contribution in [2.24, 2.45) is 0 Å². The Labute approximate surface area is 133 Å². The molecule has 0 aliphatic carbocycles. The minimum Gasteiger partial charge on any atom is -0.338 e. The highest BCUT2D eigenvalue weighted by Crippen LogP contribution is 2.24. The predicted octanol–water partition coefficient (Wildman–Crippen LogP) is 3.35. The summed E-state index contributed by atoms with van der Waals surface area (Å²) in [6, 6.07) is 7.95. The van der Waals surface area contributed by atoms with E-state index in [0.29, 0.717) is 13.0 Å². The number of para-hydroxylation sites is 1. The fraction of sp³-hybridized carbons (Fsp3) is 0.556. The molecule has 0 N–H and O–H groups in total. The van der Waals surface area contributed by atoms with Crippen molar-refractivity contribution >= 4 is 17.5 Å². The van der Waals surface area contributed by atoms with Crippen LogP contribution in [0.5, 0.6) is 0 Å². The fourth-order valence-electron chi connectivity index (χ4n) is 3.00. The van der Waals surface area contributed by atoms with Gasteiger partial charge in [-0.05, 0) is 24.5 Å². The largest absolute Gasteiger partial charge is 0.338 e. The van der Waals surface area contributed by atoms with Crippen LogP contribution in [-0.2, 0) is 16.1 Å². The molecule has 0 fully saturated rings. The highest BCUT2D eigenvalue weighted by Gasteiger charge is 2.19. The van der Waals surface area contributed by atoms with E-state index in [2.05, 4.69) is 0 Å². The average molecular weight is 302 g/mol. The summed E-state index contributed by atoms with van der Waals surface area (Å²) in [6.07, 6.45) is 4.78. The monoisotopic (exact) mass is 302 g/mol. The second-order valence-corrected chi connectivity index (χ2v) is 5.88. The van der Waals surface area contributed by atoms with Crippen LogP contribution in [-0.4, -0.2) is 29.8 Å². The van der Waals surface area contributed by atoms with E-state index >= 15 is 0 Å². The van der Waals surface area contributed by atoms with Gasteiger partial charge in [0.05, 0.1) is 0 Å². The van der Waals surface area contributed by atoms with E-state index in [1.807, 2.05) is 41.0 Å². The zero-order chi connectivity index (χ0) is 15.9. The quantitative estimate of drug-likeness (QED) is 0.798. The number of hydrogen-bond donors (Lipinski definition) is 0. The number of carbonyl (C=O) groups is 2. The SMILES string of the molecule is CCC(=O)N1CCCCCCN(C(C)=O)c2ccccc2C1. The Hall–Kier alpha value is -1.84. The lowest BCUT2D eigenvalue weighted by Crippen LogP contribution is -2.33. The third-order valence-corrected chi connectivity index (χ3v) is 4.24. The number of fused-ring (bicyclic) bond motifs is 1. The Balaban J connectivity index is 2.35. The van der Waals surface area contributed by atoms with Crippen LogP contribution in [0.25, 0.3) is 0 Å². The molecule has 0 aromatic heterocycles. The number of amides is 2. The molecule has 1 aromatic rings. The van der Waals surface area contributed by atoms with Crippen molar-refractivity contribution in [3.05, 3.63) is 29.8 Å². The summed E-state index contributed by atoms with van der Waals surface area (Å²) in [5.41, 5.74) is 2.01. The zero-order valence-electron chi connectivity index (χ0n) is 13.7. The molecule has 0 unspecified atom stereocenters. The molecule has 2 amide bonds. The Bertz CT molecular complexity index is 528. The van der Waals surface area contributed by atoms with Gasteiger partial charge in [-0.15, -0.1) is 0 Å². The molecule has 0 radical (unpaired) electrons. The maximum Gasteiger partial charge on any atom is 0.223 e. The summed E-state index contributed by atoms with van der Waals surface area (Å²) in [5.74, 6) is 0.253. The number of nitrogens with zero attached hydrogens (tertiary/aromatic N) is 2. The molecule has 1 aliphatic rings. The maximum atomic E-state index is 12.2. The van der Waals surface area contributed by atoms with Crippen molar-refractivity contribution in [1.82, 2.24) is 4.90 Å². The summed E-state index contributed by atoms with van der Waals surface area (Å²) >= 11 is 0. The molecule has 0 bridgehead atoms. The minimum absolute atomic E-state index is 0.0695. The van der Waals surface area contributed by atoms with Gasteiger partial charge in [-0.3, -0.25) is 9.59 Å². The molecule has 4 heteroatoms. The normalized spacial score (nSPS) is 16.6. The van der Waals surface area contributed by atoms with Gasteiger partial charge in [-0.2, -0.15) is 0 Å². The minimum atomic E-state index is 0.0695. The molecule has 0 atom stereocenters. The zero-order valence-corrected chi connectivity index (χ0v) is 13.7. The first kappa shape index (κ1) is 16.5. The first-order valence-corrected chi connectivity index (χ1v) is 8.27. The molecular weight excluding hydrogens is 276 g/mol. The second-order valence-electron chi connectivity index (χ2n) is 5.88. The molecule has 120 valence electrons.